The summed E-state index contributed by atoms with van der Waals surface area (Å²) in [5.41, 5.74) is -1.39. The number of nitro benzene ring substituents is 1. The van der Waals surface area contributed by atoms with Crippen molar-refractivity contribution < 1.29 is 22.9 Å². The van der Waals surface area contributed by atoms with Gasteiger partial charge in [0.1, 0.15) is 10.7 Å². The molecule has 8 nitrogen and oxygen atoms in total. The van der Waals surface area contributed by atoms with E-state index in [2.05, 4.69) is 15.4 Å². The number of amides is 1. The first-order valence-electron chi connectivity index (χ1n) is 7.68. The fourth-order valence-electron chi connectivity index (χ4n) is 2.54. The number of halogens is 4. The van der Waals surface area contributed by atoms with Crippen LogP contribution in [-0.2, 0) is 6.18 Å². The topological polar surface area (TPSA) is 102 Å². The molecule has 0 unspecified atom stereocenters. The van der Waals surface area contributed by atoms with Crippen LogP contribution in [0.15, 0.2) is 24.3 Å². The maximum atomic E-state index is 13.3. The fraction of sp³-hybridized carbons (Fsp3) is 0.188. The molecule has 0 saturated heterocycles. The number of rotatable bonds is 3. The van der Waals surface area contributed by atoms with E-state index in [0.717, 1.165) is 6.07 Å². The van der Waals surface area contributed by atoms with Gasteiger partial charge in [0.15, 0.2) is 11.3 Å². The van der Waals surface area contributed by atoms with E-state index in [4.69, 9.17) is 11.6 Å². The van der Waals surface area contributed by atoms with Gasteiger partial charge in [0.25, 0.3) is 11.6 Å². The number of nitrogens with zero attached hydrogens (tertiary/aromatic N) is 4. The number of carbonyl (C=O) groups is 1. The largest absolute Gasteiger partial charge is 0.433 e. The molecule has 0 radical (unpaired) electrons. The average molecular weight is 414 g/mol. The summed E-state index contributed by atoms with van der Waals surface area (Å²) in [7, 11) is 0. The first-order valence-corrected chi connectivity index (χ1v) is 8.06. The summed E-state index contributed by atoms with van der Waals surface area (Å²) in [5.74, 6) is -0.877. The molecule has 0 fully saturated rings. The highest BCUT2D eigenvalue weighted by molar-refractivity contribution is 6.37. The number of hydrogen-bond donors (Lipinski definition) is 1. The van der Waals surface area contributed by atoms with Crippen LogP contribution in [0.4, 0.5) is 24.5 Å². The summed E-state index contributed by atoms with van der Waals surface area (Å²) >= 11 is 6.06. The number of anilines is 1. The van der Waals surface area contributed by atoms with E-state index in [1.54, 1.807) is 0 Å². The van der Waals surface area contributed by atoms with Crippen molar-refractivity contribution in [3.8, 4) is 0 Å². The number of carbonyl (C=O) groups excluding carboxylic acids is 1. The molecular weight excluding hydrogens is 403 g/mol. The van der Waals surface area contributed by atoms with Crippen LogP contribution in [0.5, 0.6) is 0 Å². The van der Waals surface area contributed by atoms with Gasteiger partial charge < -0.3 is 5.32 Å². The lowest BCUT2D eigenvalue weighted by molar-refractivity contribution is -0.384. The number of non-ortho nitro benzene ring substituents is 1. The Kier molecular flexibility index (Phi) is 4.71. The minimum absolute atomic E-state index is 0.0554. The SMILES string of the molecule is Cc1cc(C(F)(F)F)n2nc(C(=O)Nc3ccc([N+](=O)[O-])cc3C)c(Cl)c2n1. The summed E-state index contributed by atoms with van der Waals surface area (Å²) in [6.07, 6.45) is -4.73. The molecule has 1 N–H and O–H groups in total. The molecule has 12 heteroatoms. The molecule has 0 aliphatic rings. The zero-order valence-corrected chi connectivity index (χ0v) is 15.1. The number of aryl methyl sites for hydroxylation is 2. The molecule has 3 aromatic rings. The average Bonchev–Trinajstić information content (AvgIpc) is 2.92. The first-order chi connectivity index (χ1) is 13.0. The lowest BCUT2D eigenvalue weighted by Gasteiger charge is -2.09. The molecule has 1 aromatic carbocycles. The number of fused-ring (bicyclic) bond motifs is 1. The third-order valence-electron chi connectivity index (χ3n) is 3.84. The van der Waals surface area contributed by atoms with Crippen molar-refractivity contribution in [2.45, 2.75) is 20.0 Å². The second-order valence-corrected chi connectivity index (χ2v) is 6.27. The predicted molar refractivity (Wildman–Crippen MR) is 93.5 cm³/mol. The van der Waals surface area contributed by atoms with Crippen LogP contribution >= 0.6 is 11.6 Å². The minimum atomic E-state index is -4.73. The number of nitro groups is 1. The van der Waals surface area contributed by atoms with Crippen molar-refractivity contribution in [1.29, 1.82) is 0 Å². The third-order valence-corrected chi connectivity index (χ3v) is 4.18. The normalized spacial score (nSPS) is 11.6. The lowest BCUT2D eigenvalue weighted by Crippen LogP contribution is -2.16. The van der Waals surface area contributed by atoms with E-state index in [1.807, 2.05) is 0 Å². The van der Waals surface area contributed by atoms with Crippen LogP contribution in [-0.4, -0.2) is 25.4 Å². The number of aromatic nitrogens is 3. The molecule has 0 saturated carbocycles. The Balaban J connectivity index is 2.03. The number of nitrogens with one attached hydrogen (secondary N) is 1. The molecule has 2 heterocycles. The van der Waals surface area contributed by atoms with Crippen LogP contribution in [0.3, 0.4) is 0 Å². The molecule has 1 amide bonds. The Labute approximate surface area is 160 Å². The van der Waals surface area contributed by atoms with Gasteiger partial charge in [0.2, 0.25) is 0 Å². The zero-order valence-electron chi connectivity index (χ0n) is 14.3. The molecule has 3 rings (SSSR count). The maximum absolute atomic E-state index is 13.3. The predicted octanol–water partition coefficient (Wildman–Crippen LogP) is 4.18. The van der Waals surface area contributed by atoms with Crippen molar-refractivity contribution in [2.75, 3.05) is 5.32 Å². The molecule has 0 aliphatic heterocycles. The molecule has 28 heavy (non-hydrogen) atoms. The quantitative estimate of drug-likeness (QED) is 0.512. The summed E-state index contributed by atoms with van der Waals surface area (Å²) in [6.45, 7) is 2.89. The van der Waals surface area contributed by atoms with Crippen LogP contribution in [0, 0.1) is 24.0 Å². The molecule has 0 atom stereocenters. The van der Waals surface area contributed by atoms with Crippen LogP contribution in [0.25, 0.3) is 5.65 Å². The van der Waals surface area contributed by atoms with E-state index in [1.165, 1.54) is 32.0 Å². The van der Waals surface area contributed by atoms with Gasteiger partial charge in [-0.3, -0.25) is 14.9 Å². The lowest BCUT2D eigenvalue weighted by atomic mass is 10.1. The summed E-state index contributed by atoms with van der Waals surface area (Å²) in [6, 6.07) is 4.52. The molecule has 2 aromatic heterocycles. The molecule has 0 bridgehead atoms. The highest BCUT2D eigenvalue weighted by atomic mass is 35.5. The minimum Gasteiger partial charge on any atom is -0.320 e. The van der Waals surface area contributed by atoms with E-state index in [9.17, 15) is 28.1 Å². The first kappa shape index (κ1) is 19.5. The Bertz CT molecular complexity index is 1130. The van der Waals surface area contributed by atoms with Crippen molar-refractivity contribution in [3.05, 3.63) is 62.0 Å². The smallest absolute Gasteiger partial charge is 0.320 e. The van der Waals surface area contributed by atoms with Gasteiger partial charge in [-0.2, -0.15) is 18.3 Å². The monoisotopic (exact) mass is 413 g/mol. The van der Waals surface area contributed by atoms with Crippen molar-refractivity contribution in [3.63, 3.8) is 0 Å². The molecule has 146 valence electrons. The van der Waals surface area contributed by atoms with Crippen molar-refractivity contribution >= 4 is 34.5 Å². The van der Waals surface area contributed by atoms with E-state index >= 15 is 0 Å². The van der Waals surface area contributed by atoms with Gasteiger partial charge in [0.05, 0.1) is 4.92 Å². The highest BCUT2D eigenvalue weighted by Crippen LogP contribution is 2.32. The molecular formula is C16H11ClF3N5O3. The van der Waals surface area contributed by atoms with Crippen molar-refractivity contribution in [2.24, 2.45) is 0 Å². The van der Waals surface area contributed by atoms with Gasteiger partial charge >= 0.3 is 6.18 Å². The molecule has 0 aliphatic carbocycles. The second-order valence-electron chi connectivity index (χ2n) is 5.89. The van der Waals surface area contributed by atoms with Crippen LogP contribution in [0.2, 0.25) is 5.02 Å². The van der Waals surface area contributed by atoms with Gasteiger partial charge in [-0.15, -0.1) is 0 Å². The van der Waals surface area contributed by atoms with Gasteiger partial charge in [0, 0.05) is 23.5 Å². The second kappa shape index (κ2) is 6.75. The standard InChI is InChI=1S/C16H11ClF3N5O3/c1-7-5-9(25(27)28)3-4-10(7)22-15(26)13-12(17)14-21-8(2)6-11(16(18,19)20)24(14)23-13/h3-6H,1-2H3,(H,22,26). The summed E-state index contributed by atoms with van der Waals surface area (Å²) in [5, 5.41) is 16.6. The van der Waals surface area contributed by atoms with E-state index < -0.39 is 28.4 Å². The Hall–Kier alpha value is -3.21. The van der Waals surface area contributed by atoms with Gasteiger partial charge in [-0.05, 0) is 31.5 Å². The molecule has 0 spiro atoms. The Morgan fingerprint density at radius 2 is 1.96 bits per heavy atom. The maximum Gasteiger partial charge on any atom is 0.433 e. The summed E-state index contributed by atoms with van der Waals surface area (Å²) in [4.78, 5) is 26.6. The zero-order chi connectivity index (χ0) is 20.8. The summed E-state index contributed by atoms with van der Waals surface area (Å²) < 4.78 is 40.2. The number of hydrogen-bond acceptors (Lipinski definition) is 5. The van der Waals surface area contributed by atoms with Gasteiger partial charge in [-0.25, -0.2) is 9.50 Å². The highest BCUT2D eigenvalue weighted by Gasteiger charge is 2.36. The van der Waals surface area contributed by atoms with E-state index in [0.29, 0.717) is 10.1 Å². The number of benzene rings is 1. The van der Waals surface area contributed by atoms with Crippen LogP contribution in [0.1, 0.15) is 27.4 Å². The van der Waals surface area contributed by atoms with E-state index in [-0.39, 0.29) is 27.7 Å². The fourth-order valence-corrected chi connectivity index (χ4v) is 2.79. The Morgan fingerprint density at radius 3 is 2.54 bits per heavy atom. The van der Waals surface area contributed by atoms with Crippen molar-refractivity contribution in [1.82, 2.24) is 14.6 Å². The Morgan fingerprint density at radius 1 is 1.29 bits per heavy atom. The van der Waals surface area contributed by atoms with Crippen LogP contribution < -0.4 is 5.32 Å². The van der Waals surface area contributed by atoms with Gasteiger partial charge in [-0.1, -0.05) is 11.6 Å². The number of alkyl halides is 3. The third kappa shape index (κ3) is 3.48.